The molecule has 0 unspecified atom stereocenters. The quantitative estimate of drug-likeness (QED) is 0.758. The Balaban J connectivity index is 1.47. The van der Waals surface area contributed by atoms with Crippen molar-refractivity contribution in [3.63, 3.8) is 0 Å². The van der Waals surface area contributed by atoms with Gasteiger partial charge in [0.05, 0.1) is 23.3 Å². The van der Waals surface area contributed by atoms with E-state index < -0.39 is 0 Å². The maximum Gasteiger partial charge on any atom is 0.261 e. The third-order valence-electron chi connectivity index (χ3n) is 5.02. The van der Waals surface area contributed by atoms with Gasteiger partial charge in [0.25, 0.3) is 5.56 Å². The number of para-hydroxylation sites is 2. The fraction of sp³-hybridized carbons (Fsp3) is 0.318. The number of carbonyl (C=O) groups is 1. The Morgan fingerprint density at radius 3 is 2.82 bits per heavy atom. The maximum atomic E-state index is 12.6. The summed E-state index contributed by atoms with van der Waals surface area (Å²) in [5, 5.41) is 3.66. The highest BCUT2D eigenvalue weighted by Crippen LogP contribution is 2.39. The first-order chi connectivity index (χ1) is 13.4. The van der Waals surface area contributed by atoms with Crippen LogP contribution in [0.25, 0.3) is 10.9 Å². The highest BCUT2D eigenvalue weighted by Gasteiger charge is 2.34. The first kappa shape index (κ1) is 18.2. The Morgan fingerprint density at radius 2 is 1.96 bits per heavy atom. The van der Waals surface area contributed by atoms with E-state index in [2.05, 4.69) is 10.3 Å². The Kier molecular flexibility index (Phi) is 4.63. The summed E-state index contributed by atoms with van der Waals surface area (Å²) in [4.78, 5) is 29.4. The molecule has 1 aromatic heterocycles. The number of aromatic nitrogens is 2. The third kappa shape index (κ3) is 3.63. The van der Waals surface area contributed by atoms with Gasteiger partial charge in [-0.1, -0.05) is 30.3 Å². The molecule has 28 heavy (non-hydrogen) atoms. The van der Waals surface area contributed by atoms with Crippen molar-refractivity contribution in [2.75, 3.05) is 0 Å². The lowest BCUT2D eigenvalue weighted by Gasteiger charge is -2.37. The zero-order valence-corrected chi connectivity index (χ0v) is 16.0. The summed E-state index contributed by atoms with van der Waals surface area (Å²) in [5.74, 6) is 0.705. The Hall–Kier alpha value is -3.15. The van der Waals surface area contributed by atoms with Crippen LogP contribution in [0.4, 0.5) is 0 Å². The second-order valence-electron chi connectivity index (χ2n) is 7.73. The Morgan fingerprint density at radius 1 is 1.21 bits per heavy atom. The van der Waals surface area contributed by atoms with Crippen molar-refractivity contribution in [2.24, 2.45) is 0 Å². The molecule has 6 nitrogen and oxygen atoms in total. The smallest absolute Gasteiger partial charge is 0.261 e. The number of ether oxygens (including phenoxy) is 1. The van der Waals surface area contributed by atoms with Gasteiger partial charge >= 0.3 is 0 Å². The predicted octanol–water partition coefficient (Wildman–Crippen LogP) is 3.21. The Labute approximate surface area is 163 Å². The van der Waals surface area contributed by atoms with Gasteiger partial charge in [0.15, 0.2) is 0 Å². The van der Waals surface area contributed by atoms with E-state index in [-0.39, 0.29) is 36.1 Å². The van der Waals surface area contributed by atoms with Gasteiger partial charge in [0.2, 0.25) is 5.91 Å². The van der Waals surface area contributed by atoms with Crippen molar-refractivity contribution < 1.29 is 9.53 Å². The molecule has 1 amide bonds. The van der Waals surface area contributed by atoms with Crippen LogP contribution < -0.4 is 15.6 Å². The molecule has 1 atom stereocenters. The Bertz CT molecular complexity index is 1090. The predicted molar refractivity (Wildman–Crippen MR) is 107 cm³/mol. The second-order valence-corrected chi connectivity index (χ2v) is 7.73. The SMILES string of the molecule is CC1(C)C[C@H](NC(=O)CCn2cnc3ccccc3c2=O)c2ccccc2O1. The topological polar surface area (TPSA) is 73.2 Å². The van der Waals surface area contributed by atoms with Crippen LogP contribution in [0.3, 0.4) is 0 Å². The fourth-order valence-corrected chi connectivity index (χ4v) is 3.68. The van der Waals surface area contributed by atoms with E-state index in [9.17, 15) is 9.59 Å². The van der Waals surface area contributed by atoms with Gasteiger partial charge in [-0.2, -0.15) is 0 Å². The minimum absolute atomic E-state index is 0.0995. The van der Waals surface area contributed by atoms with E-state index in [1.54, 1.807) is 12.1 Å². The van der Waals surface area contributed by atoms with Gasteiger partial charge in [-0.05, 0) is 32.0 Å². The van der Waals surface area contributed by atoms with Crippen LogP contribution in [0.2, 0.25) is 0 Å². The van der Waals surface area contributed by atoms with Gasteiger partial charge < -0.3 is 10.1 Å². The van der Waals surface area contributed by atoms with E-state index in [4.69, 9.17) is 4.74 Å². The van der Waals surface area contributed by atoms with Gasteiger partial charge in [0, 0.05) is 24.9 Å². The number of hydrogen-bond acceptors (Lipinski definition) is 4. The van der Waals surface area contributed by atoms with Gasteiger partial charge in [-0.15, -0.1) is 0 Å². The highest BCUT2D eigenvalue weighted by atomic mass is 16.5. The lowest BCUT2D eigenvalue weighted by molar-refractivity contribution is -0.122. The van der Waals surface area contributed by atoms with E-state index in [0.717, 1.165) is 11.3 Å². The summed E-state index contributed by atoms with van der Waals surface area (Å²) in [6.07, 6.45) is 2.40. The molecule has 2 aromatic carbocycles. The summed E-state index contributed by atoms with van der Waals surface area (Å²) in [7, 11) is 0. The molecule has 3 aromatic rings. The highest BCUT2D eigenvalue weighted by molar-refractivity contribution is 5.78. The summed E-state index contributed by atoms with van der Waals surface area (Å²) in [5.41, 5.74) is 1.16. The molecular formula is C22H23N3O3. The number of nitrogens with one attached hydrogen (secondary N) is 1. The number of nitrogens with zero attached hydrogens (tertiary/aromatic N) is 2. The summed E-state index contributed by atoms with van der Waals surface area (Å²) < 4.78 is 7.50. The van der Waals surface area contributed by atoms with E-state index in [1.165, 1.54) is 10.9 Å². The van der Waals surface area contributed by atoms with Crippen LogP contribution in [0.5, 0.6) is 5.75 Å². The lowest BCUT2D eigenvalue weighted by Crippen LogP contribution is -2.41. The van der Waals surface area contributed by atoms with Crippen molar-refractivity contribution in [1.29, 1.82) is 0 Å². The molecule has 0 saturated carbocycles. The first-order valence-corrected chi connectivity index (χ1v) is 9.44. The van der Waals surface area contributed by atoms with E-state index in [0.29, 0.717) is 17.3 Å². The van der Waals surface area contributed by atoms with Crippen molar-refractivity contribution in [3.8, 4) is 5.75 Å². The first-order valence-electron chi connectivity index (χ1n) is 9.44. The molecule has 0 saturated heterocycles. The summed E-state index contributed by atoms with van der Waals surface area (Å²) in [6, 6.07) is 14.9. The molecule has 0 aliphatic carbocycles. The molecule has 1 aliphatic rings. The summed E-state index contributed by atoms with van der Waals surface area (Å²) in [6.45, 7) is 4.32. The monoisotopic (exact) mass is 377 g/mol. The van der Waals surface area contributed by atoms with Gasteiger partial charge in [0.1, 0.15) is 11.4 Å². The van der Waals surface area contributed by atoms with Crippen LogP contribution in [-0.4, -0.2) is 21.1 Å². The van der Waals surface area contributed by atoms with Gasteiger partial charge in [-0.3, -0.25) is 14.2 Å². The largest absolute Gasteiger partial charge is 0.487 e. The number of benzene rings is 2. The standard InChI is InChI=1S/C22H23N3O3/c1-22(2)13-18(15-7-4-6-10-19(15)28-22)24-20(26)11-12-25-14-23-17-9-5-3-8-16(17)21(25)27/h3-10,14,18H,11-13H2,1-2H3,(H,24,26)/t18-/m0/s1. The number of hydrogen-bond donors (Lipinski definition) is 1. The van der Waals surface area contributed by atoms with E-state index in [1.807, 2.05) is 50.2 Å². The lowest BCUT2D eigenvalue weighted by atomic mass is 9.89. The second kappa shape index (κ2) is 7.11. The number of fused-ring (bicyclic) bond motifs is 2. The molecule has 1 aliphatic heterocycles. The molecule has 0 radical (unpaired) electrons. The minimum atomic E-state index is -0.356. The molecule has 0 bridgehead atoms. The van der Waals surface area contributed by atoms with Crippen LogP contribution in [0, 0.1) is 0 Å². The molecule has 4 rings (SSSR count). The normalized spacial score (nSPS) is 17.6. The molecule has 1 N–H and O–H groups in total. The van der Waals surface area contributed by atoms with Crippen molar-refractivity contribution >= 4 is 16.8 Å². The molecule has 2 heterocycles. The third-order valence-corrected chi connectivity index (χ3v) is 5.02. The average Bonchev–Trinajstić information content (AvgIpc) is 2.67. The van der Waals surface area contributed by atoms with Crippen molar-refractivity contribution in [2.45, 2.75) is 44.9 Å². The number of rotatable bonds is 4. The number of aryl methyl sites for hydroxylation is 1. The molecule has 144 valence electrons. The van der Waals surface area contributed by atoms with E-state index >= 15 is 0 Å². The fourth-order valence-electron chi connectivity index (χ4n) is 3.68. The van der Waals surface area contributed by atoms with Crippen LogP contribution in [0.1, 0.15) is 38.3 Å². The number of amides is 1. The molecular weight excluding hydrogens is 354 g/mol. The molecule has 0 fully saturated rings. The van der Waals surface area contributed by atoms with Gasteiger partial charge in [-0.25, -0.2) is 4.98 Å². The zero-order valence-electron chi connectivity index (χ0n) is 16.0. The average molecular weight is 377 g/mol. The maximum absolute atomic E-state index is 12.6. The van der Waals surface area contributed by atoms with Crippen LogP contribution >= 0.6 is 0 Å². The minimum Gasteiger partial charge on any atom is -0.487 e. The summed E-state index contributed by atoms with van der Waals surface area (Å²) >= 11 is 0. The number of carbonyl (C=O) groups excluding carboxylic acids is 1. The van der Waals surface area contributed by atoms with Crippen molar-refractivity contribution in [1.82, 2.24) is 14.9 Å². The van der Waals surface area contributed by atoms with Crippen LogP contribution in [-0.2, 0) is 11.3 Å². The zero-order chi connectivity index (χ0) is 19.7. The molecule has 6 heteroatoms. The molecule has 0 spiro atoms. The van der Waals surface area contributed by atoms with Crippen LogP contribution in [0.15, 0.2) is 59.7 Å². The van der Waals surface area contributed by atoms with Crippen molar-refractivity contribution in [3.05, 3.63) is 70.8 Å².